The molecular weight excluding hydrogens is 230 g/mol. The molecule has 0 radical (unpaired) electrons. The number of benzene rings is 1. The molecule has 0 spiro atoms. The highest BCUT2D eigenvalue weighted by Gasteiger charge is 2.08. The summed E-state index contributed by atoms with van der Waals surface area (Å²) >= 11 is 0. The van der Waals surface area contributed by atoms with Crippen molar-refractivity contribution in [3.8, 4) is 0 Å². The Hall–Kier alpha value is -1.88. The lowest BCUT2D eigenvalue weighted by atomic mass is 10.2. The van der Waals surface area contributed by atoms with Gasteiger partial charge in [-0.3, -0.25) is 10.1 Å². The van der Waals surface area contributed by atoms with Crippen molar-refractivity contribution >= 4 is 11.8 Å². The fourth-order valence-electron chi connectivity index (χ4n) is 1.02. The smallest absolute Gasteiger partial charge is 0.276 e. The minimum absolute atomic E-state index is 0.130. The molecule has 0 fully saturated rings. The van der Waals surface area contributed by atoms with Crippen LogP contribution in [0.3, 0.4) is 0 Å². The molecule has 1 rings (SSSR count). The standard InChI is InChI=1S/C10H12N2O2.C3H9N/c1-11(2)8-7-9-5-3-4-6-10(9)12(13)14;1-4(2)3/h3-8H,1-2H3;1-3H3/b8-7+;. The van der Waals surface area contributed by atoms with Crippen LogP contribution in [-0.4, -0.2) is 50.0 Å². The fraction of sp³-hybridized carbons (Fsp3) is 0.385. The summed E-state index contributed by atoms with van der Waals surface area (Å²) < 4.78 is 0. The molecule has 1 aromatic rings. The summed E-state index contributed by atoms with van der Waals surface area (Å²) in [6, 6.07) is 6.65. The molecule has 0 aliphatic rings. The Kier molecular flexibility index (Phi) is 7.38. The molecule has 1 aromatic carbocycles. The lowest BCUT2D eigenvalue weighted by molar-refractivity contribution is -0.385. The first-order chi connectivity index (χ1) is 8.34. The van der Waals surface area contributed by atoms with E-state index < -0.39 is 0 Å². The first-order valence-electron chi connectivity index (χ1n) is 5.53. The quantitative estimate of drug-likeness (QED) is 0.611. The fourth-order valence-corrected chi connectivity index (χ4v) is 1.02. The van der Waals surface area contributed by atoms with Crippen LogP contribution in [0.4, 0.5) is 5.69 Å². The van der Waals surface area contributed by atoms with E-state index in [0.29, 0.717) is 5.56 Å². The monoisotopic (exact) mass is 251 g/mol. The highest BCUT2D eigenvalue weighted by molar-refractivity contribution is 5.60. The molecule has 0 amide bonds. The third kappa shape index (κ3) is 7.40. The van der Waals surface area contributed by atoms with Gasteiger partial charge in [-0.25, -0.2) is 0 Å². The molecule has 100 valence electrons. The zero-order valence-electron chi connectivity index (χ0n) is 11.6. The minimum Gasteiger partial charge on any atom is -0.383 e. The predicted octanol–water partition coefficient (Wildman–Crippen LogP) is 2.30. The number of para-hydroxylation sites is 1. The Morgan fingerprint density at radius 2 is 1.61 bits per heavy atom. The number of nitro groups is 1. The summed E-state index contributed by atoms with van der Waals surface area (Å²) in [5, 5.41) is 10.6. The van der Waals surface area contributed by atoms with E-state index >= 15 is 0 Å². The van der Waals surface area contributed by atoms with Gasteiger partial charge in [0.1, 0.15) is 0 Å². The van der Waals surface area contributed by atoms with Crippen molar-refractivity contribution in [3.63, 3.8) is 0 Å². The second kappa shape index (κ2) is 8.25. The van der Waals surface area contributed by atoms with Crippen molar-refractivity contribution in [2.75, 3.05) is 35.2 Å². The number of hydrogen-bond donors (Lipinski definition) is 0. The van der Waals surface area contributed by atoms with Gasteiger partial charge >= 0.3 is 0 Å². The third-order valence-corrected chi connectivity index (χ3v) is 1.69. The maximum atomic E-state index is 10.6. The van der Waals surface area contributed by atoms with Gasteiger partial charge in [-0.1, -0.05) is 12.1 Å². The Bertz CT molecular complexity index is 398. The van der Waals surface area contributed by atoms with Crippen LogP contribution in [0.5, 0.6) is 0 Å². The second-order valence-corrected chi connectivity index (χ2v) is 4.44. The lowest BCUT2D eigenvalue weighted by Gasteiger charge is -2.03. The molecule has 0 aromatic heterocycles. The zero-order valence-corrected chi connectivity index (χ0v) is 11.6. The topological polar surface area (TPSA) is 49.6 Å². The summed E-state index contributed by atoms with van der Waals surface area (Å²) in [4.78, 5) is 14.1. The molecule has 0 atom stereocenters. The van der Waals surface area contributed by atoms with Crippen molar-refractivity contribution in [2.45, 2.75) is 0 Å². The van der Waals surface area contributed by atoms with E-state index in [9.17, 15) is 10.1 Å². The molecule has 0 saturated heterocycles. The van der Waals surface area contributed by atoms with Crippen LogP contribution in [0.1, 0.15) is 5.56 Å². The summed E-state index contributed by atoms with van der Waals surface area (Å²) in [5.74, 6) is 0. The number of nitro benzene ring substituents is 1. The van der Waals surface area contributed by atoms with E-state index in [4.69, 9.17) is 0 Å². The summed E-state index contributed by atoms with van der Waals surface area (Å²) in [7, 11) is 9.73. The van der Waals surface area contributed by atoms with Crippen LogP contribution in [0, 0.1) is 10.1 Å². The van der Waals surface area contributed by atoms with Gasteiger partial charge in [0.2, 0.25) is 0 Å². The van der Waals surface area contributed by atoms with Gasteiger partial charge in [-0.05, 0) is 39.5 Å². The molecule has 0 bridgehead atoms. The summed E-state index contributed by atoms with van der Waals surface area (Å²) in [5.41, 5.74) is 0.747. The molecule has 5 heteroatoms. The Morgan fingerprint density at radius 1 is 1.11 bits per heavy atom. The van der Waals surface area contributed by atoms with E-state index in [-0.39, 0.29) is 10.6 Å². The summed E-state index contributed by atoms with van der Waals surface area (Å²) in [6.07, 6.45) is 3.50. The van der Waals surface area contributed by atoms with E-state index in [1.165, 1.54) is 6.07 Å². The van der Waals surface area contributed by atoms with Crippen molar-refractivity contribution < 1.29 is 4.92 Å². The van der Waals surface area contributed by atoms with Crippen LogP contribution in [0.15, 0.2) is 30.5 Å². The average molecular weight is 251 g/mol. The normalized spacial score (nSPS) is 10.1. The van der Waals surface area contributed by atoms with Gasteiger partial charge in [0.25, 0.3) is 5.69 Å². The summed E-state index contributed by atoms with van der Waals surface area (Å²) in [6.45, 7) is 0. The highest BCUT2D eigenvalue weighted by atomic mass is 16.6. The number of rotatable bonds is 3. The molecule has 0 unspecified atom stereocenters. The molecule has 18 heavy (non-hydrogen) atoms. The Morgan fingerprint density at radius 3 is 2.06 bits per heavy atom. The Labute approximate surface area is 108 Å². The molecule has 0 aliphatic heterocycles. The molecule has 0 saturated carbocycles. The van der Waals surface area contributed by atoms with E-state index in [1.54, 1.807) is 30.5 Å². The van der Waals surface area contributed by atoms with E-state index in [1.807, 2.05) is 45.0 Å². The highest BCUT2D eigenvalue weighted by Crippen LogP contribution is 2.18. The Balaban J connectivity index is 0.000000631. The molecule has 5 nitrogen and oxygen atoms in total. The first-order valence-corrected chi connectivity index (χ1v) is 5.53. The van der Waals surface area contributed by atoms with Gasteiger partial charge < -0.3 is 9.80 Å². The molecular formula is C13H21N3O2. The molecule has 0 N–H and O–H groups in total. The lowest BCUT2D eigenvalue weighted by Crippen LogP contribution is -2.00. The first kappa shape index (κ1) is 16.1. The zero-order chi connectivity index (χ0) is 14.1. The van der Waals surface area contributed by atoms with Crippen molar-refractivity contribution in [2.24, 2.45) is 0 Å². The second-order valence-electron chi connectivity index (χ2n) is 4.44. The average Bonchev–Trinajstić information content (AvgIpc) is 2.25. The largest absolute Gasteiger partial charge is 0.383 e. The van der Waals surface area contributed by atoms with Gasteiger partial charge in [0.15, 0.2) is 0 Å². The van der Waals surface area contributed by atoms with Crippen LogP contribution in [-0.2, 0) is 0 Å². The van der Waals surface area contributed by atoms with Gasteiger partial charge in [0, 0.05) is 20.2 Å². The minimum atomic E-state index is -0.380. The van der Waals surface area contributed by atoms with Crippen molar-refractivity contribution in [3.05, 3.63) is 46.1 Å². The number of nitrogens with zero attached hydrogens (tertiary/aromatic N) is 3. The molecule has 0 aliphatic carbocycles. The number of hydrogen-bond acceptors (Lipinski definition) is 4. The van der Waals surface area contributed by atoms with Crippen molar-refractivity contribution in [1.29, 1.82) is 0 Å². The van der Waals surface area contributed by atoms with Gasteiger partial charge in [-0.15, -0.1) is 0 Å². The van der Waals surface area contributed by atoms with Crippen LogP contribution in [0.2, 0.25) is 0 Å². The SMILES string of the molecule is CN(C)/C=C/c1ccccc1[N+](=O)[O-].CN(C)C. The maximum absolute atomic E-state index is 10.6. The van der Waals surface area contributed by atoms with Crippen LogP contribution >= 0.6 is 0 Å². The van der Waals surface area contributed by atoms with Crippen molar-refractivity contribution in [1.82, 2.24) is 9.80 Å². The van der Waals surface area contributed by atoms with Crippen LogP contribution in [0.25, 0.3) is 6.08 Å². The van der Waals surface area contributed by atoms with Crippen LogP contribution < -0.4 is 0 Å². The van der Waals surface area contributed by atoms with E-state index in [2.05, 4.69) is 0 Å². The van der Waals surface area contributed by atoms with E-state index in [0.717, 1.165) is 0 Å². The van der Waals surface area contributed by atoms with Gasteiger partial charge in [0.05, 0.1) is 10.5 Å². The predicted molar refractivity (Wildman–Crippen MR) is 75.4 cm³/mol. The molecule has 0 heterocycles. The maximum Gasteiger partial charge on any atom is 0.276 e. The van der Waals surface area contributed by atoms with Gasteiger partial charge in [-0.2, -0.15) is 0 Å². The third-order valence-electron chi connectivity index (χ3n) is 1.69.